The van der Waals surface area contributed by atoms with Gasteiger partial charge in [-0.2, -0.15) is 0 Å². The molecule has 104 valence electrons. The Hall–Kier alpha value is -2.11. The zero-order chi connectivity index (χ0) is 14.4. The van der Waals surface area contributed by atoms with Crippen molar-refractivity contribution in [1.82, 2.24) is 5.32 Å². The van der Waals surface area contributed by atoms with E-state index in [4.69, 9.17) is 9.84 Å². The van der Waals surface area contributed by atoms with Gasteiger partial charge in [0.2, 0.25) is 5.91 Å². The van der Waals surface area contributed by atoms with Gasteiger partial charge in [-0.1, -0.05) is 6.92 Å². The van der Waals surface area contributed by atoms with Crippen molar-refractivity contribution in [2.45, 2.75) is 13.3 Å². The quantitative estimate of drug-likeness (QED) is 0.814. The topological polar surface area (TPSA) is 75.6 Å². The number of hydrogen-bond acceptors (Lipinski definition) is 3. The first kappa shape index (κ1) is 14.9. The summed E-state index contributed by atoms with van der Waals surface area (Å²) in [5, 5.41) is 11.2. The highest BCUT2D eigenvalue weighted by molar-refractivity contribution is 5.80. The normalized spacial score (nSPS) is 11.7. The summed E-state index contributed by atoms with van der Waals surface area (Å²) in [5.74, 6) is -2.07. The fourth-order valence-corrected chi connectivity index (χ4v) is 1.48. The van der Waals surface area contributed by atoms with E-state index < -0.39 is 17.7 Å². The Balaban J connectivity index is 2.62. The van der Waals surface area contributed by atoms with Crippen LogP contribution in [0.4, 0.5) is 4.39 Å². The van der Waals surface area contributed by atoms with Gasteiger partial charge in [0, 0.05) is 12.1 Å². The predicted octanol–water partition coefficient (Wildman–Crippen LogP) is 1.21. The summed E-state index contributed by atoms with van der Waals surface area (Å²) < 4.78 is 18.1. The highest BCUT2D eigenvalue weighted by Gasteiger charge is 2.14. The third-order valence-corrected chi connectivity index (χ3v) is 2.62. The number of amides is 1. The molecule has 0 bridgehead atoms. The third-order valence-electron chi connectivity index (χ3n) is 2.62. The second-order valence-electron chi connectivity index (χ2n) is 4.18. The van der Waals surface area contributed by atoms with Gasteiger partial charge < -0.3 is 15.2 Å². The van der Waals surface area contributed by atoms with Crippen LogP contribution in [0, 0.1) is 11.7 Å². The lowest BCUT2D eigenvalue weighted by Crippen LogP contribution is -2.32. The Morgan fingerprint density at radius 2 is 2.16 bits per heavy atom. The highest BCUT2D eigenvalue weighted by Crippen LogP contribution is 2.19. The fraction of sp³-hybridized carbons (Fsp3) is 0.385. The maximum Gasteiger partial charge on any atom is 0.308 e. The van der Waals surface area contributed by atoms with E-state index in [0.29, 0.717) is 11.3 Å². The number of ether oxygens (including phenoxy) is 1. The van der Waals surface area contributed by atoms with Crippen LogP contribution in [0.2, 0.25) is 0 Å². The largest absolute Gasteiger partial charge is 0.496 e. The van der Waals surface area contributed by atoms with Crippen LogP contribution in [0.15, 0.2) is 18.2 Å². The third kappa shape index (κ3) is 4.57. The number of benzene rings is 1. The number of carboxylic acids is 1. The van der Waals surface area contributed by atoms with Gasteiger partial charge in [0.1, 0.15) is 11.6 Å². The molecule has 0 fully saturated rings. The van der Waals surface area contributed by atoms with E-state index in [2.05, 4.69) is 5.32 Å². The van der Waals surface area contributed by atoms with E-state index in [-0.39, 0.29) is 18.9 Å². The van der Waals surface area contributed by atoms with Crippen LogP contribution < -0.4 is 10.1 Å². The van der Waals surface area contributed by atoms with Gasteiger partial charge in [-0.25, -0.2) is 4.39 Å². The maximum atomic E-state index is 13.1. The second kappa shape index (κ2) is 6.72. The van der Waals surface area contributed by atoms with Crippen molar-refractivity contribution < 1.29 is 23.8 Å². The molecule has 19 heavy (non-hydrogen) atoms. The first-order chi connectivity index (χ1) is 8.93. The highest BCUT2D eigenvalue weighted by atomic mass is 19.1. The average molecular weight is 269 g/mol. The molecule has 1 atom stereocenters. The van der Waals surface area contributed by atoms with Crippen LogP contribution in [0.3, 0.4) is 0 Å². The van der Waals surface area contributed by atoms with E-state index in [1.54, 1.807) is 0 Å². The van der Waals surface area contributed by atoms with Crippen molar-refractivity contribution in [1.29, 1.82) is 0 Å². The van der Waals surface area contributed by atoms with Crippen molar-refractivity contribution in [3.63, 3.8) is 0 Å². The molecule has 2 N–H and O–H groups in total. The average Bonchev–Trinajstić information content (AvgIpc) is 2.36. The molecule has 1 unspecified atom stereocenters. The Kier molecular flexibility index (Phi) is 5.29. The number of methoxy groups -OCH3 is 1. The molecule has 0 radical (unpaired) electrons. The van der Waals surface area contributed by atoms with Gasteiger partial charge in [0.25, 0.3) is 0 Å². The number of carbonyl (C=O) groups is 2. The molecule has 1 aromatic rings. The molecule has 0 heterocycles. The zero-order valence-corrected chi connectivity index (χ0v) is 10.8. The van der Waals surface area contributed by atoms with E-state index in [9.17, 15) is 14.0 Å². The van der Waals surface area contributed by atoms with Crippen LogP contribution in [-0.4, -0.2) is 30.6 Å². The zero-order valence-electron chi connectivity index (χ0n) is 10.8. The Bertz CT molecular complexity index is 476. The van der Waals surface area contributed by atoms with Gasteiger partial charge in [0.05, 0.1) is 19.4 Å². The molecule has 0 aliphatic rings. The summed E-state index contributed by atoms with van der Waals surface area (Å²) in [6.07, 6.45) is -0.0622. The minimum Gasteiger partial charge on any atom is -0.496 e. The van der Waals surface area contributed by atoms with Crippen LogP contribution in [0.5, 0.6) is 5.75 Å². The molecule has 5 nitrogen and oxygen atoms in total. The van der Waals surface area contributed by atoms with Crippen LogP contribution >= 0.6 is 0 Å². The number of carboxylic acid groups (broad SMARTS) is 1. The Morgan fingerprint density at radius 1 is 1.47 bits per heavy atom. The van der Waals surface area contributed by atoms with Crippen molar-refractivity contribution in [3.8, 4) is 5.75 Å². The molecule has 1 aromatic carbocycles. The Labute approximate surface area is 110 Å². The summed E-state index contributed by atoms with van der Waals surface area (Å²) in [6, 6.07) is 3.91. The number of carbonyl (C=O) groups excluding carboxylic acids is 1. The molecule has 1 rings (SSSR count). The molecule has 0 aromatic heterocycles. The van der Waals surface area contributed by atoms with Crippen molar-refractivity contribution in [2.24, 2.45) is 5.92 Å². The maximum absolute atomic E-state index is 13.1. The molecule has 1 amide bonds. The summed E-state index contributed by atoms with van der Waals surface area (Å²) in [6.45, 7) is 1.52. The van der Waals surface area contributed by atoms with Gasteiger partial charge in [0.15, 0.2) is 0 Å². The smallest absolute Gasteiger partial charge is 0.308 e. The van der Waals surface area contributed by atoms with Gasteiger partial charge >= 0.3 is 5.97 Å². The van der Waals surface area contributed by atoms with Crippen molar-refractivity contribution in [3.05, 3.63) is 29.6 Å². The standard InChI is InChI=1S/C13H16FNO4/c1-8(13(17)18)7-15-12(16)6-9-5-10(14)3-4-11(9)19-2/h3-5,8H,6-7H2,1-2H3,(H,15,16)(H,17,18). The summed E-state index contributed by atoms with van der Waals surface area (Å²) in [4.78, 5) is 22.2. The molecule has 0 saturated carbocycles. The van der Waals surface area contributed by atoms with Gasteiger partial charge in [-0.05, 0) is 18.2 Å². The lowest BCUT2D eigenvalue weighted by molar-refractivity contribution is -0.141. The fourth-order valence-electron chi connectivity index (χ4n) is 1.48. The molecule has 0 aliphatic carbocycles. The van der Waals surface area contributed by atoms with Crippen LogP contribution in [0.1, 0.15) is 12.5 Å². The van der Waals surface area contributed by atoms with Gasteiger partial charge in [-0.15, -0.1) is 0 Å². The first-order valence-electron chi connectivity index (χ1n) is 5.76. The summed E-state index contributed by atoms with van der Waals surface area (Å²) in [5.41, 5.74) is 0.419. The predicted molar refractivity (Wildman–Crippen MR) is 66.5 cm³/mol. The van der Waals surface area contributed by atoms with Crippen molar-refractivity contribution >= 4 is 11.9 Å². The summed E-state index contributed by atoms with van der Waals surface area (Å²) in [7, 11) is 1.43. The monoisotopic (exact) mass is 269 g/mol. The second-order valence-corrected chi connectivity index (χ2v) is 4.18. The lowest BCUT2D eigenvalue weighted by atomic mass is 10.1. The minimum absolute atomic E-state index is 0.0335. The number of rotatable bonds is 6. The van der Waals surface area contributed by atoms with Crippen LogP contribution in [-0.2, 0) is 16.0 Å². The van der Waals surface area contributed by atoms with E-state index in [0.717, 1.165) is 0 Å². The van der Waals surface area contributed by atoms with E-state index in [1.807, 2.05) is 0 Å². The van der Waals surface area contributed by atoms with Crippen LogP contribution in [0.25, 0.3) is 0 Å². The Morgan fingerprint density at radius 3 is 2.74 bits per heavy atom. The van der Waals surface area contributed by atoms with E-state index in [1.165, 1.54) is 32.2 Å². The molecule has 0 saturated heterocycles. The minimum atomic E-state index is -0.983. The first-order valence-corrected chi connectivity index (χ1v) is 5.76. The molecule has 6 heteroatoms. The number of halogens is 1. The van der Waals surface area contributed by atoms with Gasteiger partial charge in [-0.3, -0.25) is 9.59 Å². The SMILES string of the molecule is COc1ccc(F)cc1CC(=O)NCC(C)C(=O)O. The molecular formula is C13H16FNO4. The number of hydrogen-bond donors (Lipinski definition) is 2. The van der Waals surface area contributed by atoms with Crippen molar-refractivity contribution in [2.75, 3.05) is 13.7 Å². The number of nitrogens with one attached hydrogen (secondary N) is 1. The molecular weight excluding hydrogens is 253 g/mol. The van der Waals surface area contributed by atoms with E-state index >= 15 is 0 Å². The summed E-state index contributed by atoms with van der Waals surface area (Å²) >= 11 is 0. The lowest BCUT2D eigenvalue weighted by Gasteiger charge is -2.10. The molecule has 0 aliphatic heterocycles. The number of aliphatic carboxylic acids is 1. The molecule has 0 spiro atoms.